The van der Waals surface area contributed by atoms with Crippen LogP contribution < -0.4 is 16.2 Å². The number of rotatable bonds is 19. The zero-order chi connectivity index (χ0) is 33.2. The number of unbranched alkanes of at least 4 members (excludes halogenated alkanes) is 10. The van der Waals surface area contributed by atoms with E-state index in [-0.39, 0.29) is 43.1 Å². The number of hydrogen-bond acceptors (Lipinski definition) is 6. The highest BCUT2D eigenvalue weighted by Crippen LogP contribution is 2.34. The van der Waals surface area contributed by atoms with Crippen molar-refractivity contribution in [3.8, 4) is 12.1 Å². The molecule has 0 aliphatic carbocycles. The van der Waals surface area contributed by atoms with Crippen molar-refractivity contribution in [3.63, 3.8) is 0 Å². The Morgan fingerprint density at radius 2 is 1.36 bits per heavy atom. The smallest absolute Gasteiger partial charge is 0.305 e. The molecule has 0 atom stereocenters. The van der Waals surface area contributed by atoms with Crippen LogP contribution in [0.1, 0.15) is 102 Å². The number of sulfonamides is 1. The highest BCUT2D eigenvalue weighted by molar-refractivity contribution is 7.89. The van der Waals surface area contributed by atoms with E-state index in [4.69, 9.17) is 29.8 Å². The Bertz CT molecular complexity index is 1480. The van der Waals surface area contributed by atoms with Crippen LogP contribution in [0.5, 0.6) is 0 Å². The molecule has 242 valence electrons. The number of nitrogens with zero attached hydrogens (tertiary/aromatic N) is 4. The maximum absolute atomic E-state index is 13.8. The molecule has 2 rings (SSSR count). The van der Waals surface area contributed by atoms with Crippen molar-refractivity contribution in [2.45, 2.75) is 95.8 Å². The average Bonchev–Trinajstić information content (AvgIpc) is 3.03. The van der Waals surface area contributed by atoms with Gasteiger partial charge in [0.1, 0.15) is 17.0 Å². The Balaban J connectivity index is 2.17. The zero-order valence-electron chi connectivity index (χ0n) is 25.9. The van der Waals surface area contributed by atoms with Crippen LogP contribution in [0.3, 0.4) is 0 Å². The third kappa shape index (κ3) is 11.7. The predicted molar refractivity (Wildman–Crippen MR) is 180 cm³/mol. The minimum absolute atomic E-state index is 0.0116. The third-order valence-corrected chi connectivity index (χ3v) is 9.88. The summed E-state index contributed by atoms with van der Waals surface area (Å²) in [5.74, 6) is 0. The maximum Gasteiger partial charge on any atom is 0.337 e. The number of nitriles is 2. The maximum atomic E-state index is 13.8. The fourth-order valence-electron chi connectivity index (χ4n) is 4.73. The van der Waals surface area contributed by atoms with E-state index in [0.717, 1.165) is 64.2 Å². The molecule has 3 N–H and O–H groups in total. The molecule has 0 aliphatic rings. The van der Waals surface area contributed by atoms with E-state index in [1.807, 2.05) is 12.1 Å². The summed E-state index contributed by atoms with van der Waals surface area (Å²) in [6.07, 6.45) is 12.4. The number of carbonyl (C=O) groups is 1. The van der Waals surface area contributed by atoms with Gasteiger partial charge >= 0.3 is 6.03 Å². The van der Waals surface area contributed by atoms with Gasteiger partial charge in [0, 0.05) is 13.1 Å². The zero-order valence-corrected chi connectivity index (χ0v) is 28.2. The molecule has 0 saturated carbocycles. The van der Waals surface area contributed by atoms with Gasteiger partial charge in [-0.2, -0.15) is 14.8 Å². The van der Waals surface area contributed by atoms with Crippen molar-refractivity contribution in [1.29, 1.82) is 10.5 Å². The molecule has 0 spiro atoms. The minimum Gasteiger partial charge on any atom is -0.305 e. The van der Waals surface area contributed by atoms with Crippen LogP contribution in [-0.2, 0) is 10.0 Å². The molecule has 0 unspecified atom stereocenters. The highest BCUT2D eigenvalue weighted by Gasteiger charge is 2.28. The molecule has 45 heavy (non-hydrogen) atoms. The Hall–Kier alpha value is -3.53. The largest absolute Gasteiger partial charge is 0.337 e. The number of carbonyl (C=O) groups excluding carboxylic acids is 1. The highest BCUT2D eigenvalue weighted by atomic mass is 35.5. The van der Waals surface area contributed by atoms with Gasteiger partial charge < -0.3 is 5.32 Å². The van der Waals surface area contributed by atoms with Crippen LogP contribution in [0.15, 0.2) is 29.2 Å². The first-order chi connectivity index (χ1) is 21.6. The number of amides is 2. The first-order valence-corrected chi connectivity index (χ1v) is 17.5. The number of hydrazine groups is 1. The van der Waals surface area contributed by atoms with Gasteiger partial charge in [-0.3, -0.25) is 10.9 Å². The third-order valence-electron chi connectivity index (χ3n) is 7.20. The molecule has 2 aromatic rings. The summed E-state index contributed by atoms with van der Waals surface area (Å²) < 4.78 is 29.1. The normalized spacial score (nSPS) is 11.0. The second kappa shape index (κ2) is 19.8. The van der Waals surface area contributed by atoms with Crippen LogP contribution in [0.4, 0.5) is 21.9 Å². The number of anilines is 2. The molecule has 0 saturated heterocycles. The monoisotopic (exact) mass is 673 g/mol. The number of halogens is 2. The standard InChI is InChI=1S/C32H41Cl2N7O3S/c1-4-6-8-10-12-14-16-41(17-15-13-11-9-7-5-2)45(43,44)30-21-27(33)29(20-28(30)34)38-32(42)40-39-31-24(22-35)18-26(37-3)19-25(31)23-36/h18-21,39H,4-17H2,1-2H3,(H2,38,40,42). The van der Waals surface area contributed by atoms with E-state index in [0.29, 0.717) is 13.1 Å². The number of hydrogen-bond donors (Lipinski definition) is 3. The molecule has 2 aromatic carbocycles. The molecule has 0 bridgehead atoms. The number of urea groups is 1. The van der Waals surface area contributed by atoms with Gasteiger partial charge in [-0.25, -0.2) is 18.1 Å². The fraction of sp³-hybridized carbons (Fsp3) is 0.500. The lowest BCUT2D eigenvalue weighted by molar-refractivity contribution is 0.254. The van der Waals surface area contributed by atoms with Crippen molar-refractivity contribution < 1.29 is 13.2 Å². The molecule has 0 aliphatic heterocycles. The van der Waals surface area contributed by atoms with Crippen molar-refractivity contribution in [2.24, 2.45) is 0 Å². The first kappa shape index (κ1) is 37.7. The van der Waals surface area contributed by atoms with Crippen molar-refractivity contribution in [2.75, 3.05) is 23.8 Å². The quantitative estimate of drug-likeness (QED) is 0.0771. The summed E-state index contributed by atoms with van der Waals surface area (Å²) >= 11 is 12.9. The van der Waals surface area contributed by atoms with Gasteiger partial charge in [-0.05, 0) is 37.1 Å². The Labute approximate surface area is 277 Å². The van der Waals surface area contributed by atoms with Gasteiger partial charge in [0.25, 0.3) is 0 Å². The number of benzene rings is 2. The predicted octanol–water partition coefficient (Wildman–Crippen LogP) is 9.15. The molecule has 0 heterocycles. The summed E-state index contributed by atoms with van der Waals surface area (Å²) in [4.78, 5) is 15.8. The summed E-state index contributed by atoms with van der Waals surface area (Å²) in [6, 6.07) is 8.03. The SMILES string of the molecule is [C-]#[N+]c1cc(C#N)c(NNC(=O)Nc2cc(Cl)c(S(=O)(=O)N(CCCCCCCC)CCCCCCCC)cc2Cl)c(C#N)c1. The van der Waals surface area contributed by atoms with Gasteiger partial charge in [-0.15, -0.1) is 0 Å². The van der Waals surface area contributed by atoms with E-state index >= 15 is 0 Å². The summed E-state index contributed by atoms with van der Waals surface area (Å²) in [5, 5.41) is 21.2. The molecule has 0 aromatic heterocycles. The van der Waals surface area contributed by atoms with E-state index in [1.54, 1.807) is 0 Å². The average molecular weight is 675 g/mol. The van der Waals surface area contributed by atoms with Crippen LogP contribution >= 0.6 is 23.2 Å². The van der Waals surface area contributed by atoms with E-state index in [9.17, 15) is 23.7 Å². The van der Waals surface area contributed by atoms with Crippen LogP contribution in [0, 0.1) is 29.2 Å². The lowest BCUT2D eigenvalue weighted by Crippen LogP contribution is -2.34. The van der Waals surface area contributed by atoms with Crippen LogP contribution in [0.25, 0.3) is 4.85 Å². The van der Waals surface area contributed by atoms with Crippen molar-refractivity contribution in [3.05, 3.63) is 56.9 Å². The molecular formula is C32H41Cl2N7O3S. The number of nitrogens with one attached hydrogen (secondary N) is 3. The Kier molecular flexibility index (Phi) is 16.5. The molecule has 0 fully saturated rings. The Morgan fingerprint density at radius 3 is 1.84 bits per heavy atom. The van der Waals surface area contributed by atoms with Gasteiger partial charge in [0.2, 0.25) is 10.0 Å². The van der Waals surface area contributed by atoms with Crippen LogP contribution in [-0.4, -0.2) is 31.8 Å². The van der Waals surface area contributed by atoms with Crippen molar-refractivity contribution >= 4 is 56.3 Å². The topological polar surface area (TPSA) is 142 Å². The van der Waals surface area contributed by atoms with Crippen LogP contribution in [0.2, 0.25) is 10.0 Å². The Morgan fingerprint density at radius 1 is 0.844 bits per heavy atom. The molecular weight excluding hydrogens is 633 g/mol. The second-order valence-corrected chi connectivity index (χ2v) is 13.4. The lowest BCUT2D eigenvalue weighted by Gasteiger charge is -2.23. The van der Waals surface area contributed by atoms with E-state index in [2.05, 4.69) is 34.9 Å². The lowest BCUT2D eigenvalue weighted by atomic mass is 10.1. The summed E-state index contributed by atoms with van der Waals surface area (Å²) in [7, 11) is -3.97. The molecule has 2 amide bonds. The van der Waals surface area contributed by atoms with E-state index in [1.165, 1.54) is 41.4 Å². The molecule has 13 heteroatoms. The summed E-state index contributed by atoms with van der Waals surface area (Å²) in [6.45, 7) is 12.2. The van der Waals surface area contributed by atoms with Gasteiger partial charge in [0.05, 0.1) is 39.1 Å². The molecule has 10 nitrogen and oxygen atoms in total. The summed E-state index contributed by atoms with van der Waals surface area (Å²) in [5.41, 5.74) is 5.00. The minimum atomic E-state index is -3.97. The second-order valence-electron chi connectivity index (χ2n) is 10.7. The van der Waals surface area contributed by atoms with Crippen molar-refractivity contribution in [1.82, 2.24) is 9.73 Å². The fourth-order valence-corrected chi connectivity index (χ4v) is 7.05. The van der Waals surface area contributed by atoms with E-state index < -0.39 is 16.1 Å². The molecule has 0 radical (unpaired) electrons. The van der Waals surface area contributed by atoms with Gasteiger partial charge in [-0.1, -0.05) is 101 Å². The van der Waals surface area contributed by atoms with Gasteiger partial charge in [0.15, 0.2) is 5.69 Å². The first-order valence-electron chi connectivity index (χ1n) is 15.3.